The van der Waals surface area contributed by atoms with Crippen LogP contribution in [0, 0.1) is 17.5 Å². The molecule has 21 heavy (non-hydrogen) atoms. The van der Waals surface area contributed by atoms with Crippen LogP contribution in [-0.2, 0) is 5.88 Å². The molecule has 7 heteroatoms. The first-order valence-corrected chi connectivity index (χ1v) is 7.22. The second-order valence-corrected chi connectivity index (χ2v) is 5.47. The monoisotopic (exact) mass is 374 g/mol. The van der Waals surface area contributed by atoms with E-state index in [0.29, 0.717) is 16.9 Å². The van der Waals surface area contributed by atoms with Gasteiger partial charge in [0, 0.05) is 12.1 Å². The van der Waals surface area contributed by atoms with Crippen molar-refractivity contribution in [1.29, 1.82) is 0 Å². The second-order valence-electron chi connectivity index (χ2n) is 4.35. The Balaban J connectivity index is 2.40. The molecule has 0 fully saturated rings. The van der Waals surface area contributed by atoms with Gasteiger partial charge in [-0.25, -0.2) is 18.2 Å². The van der Waals surface area contributed by atoms with Gasteiger partial charge in [-0.05, 0) is 34.1 Å². The number of nitrogens with zero attached hydrogens (tertiary/aromatic N) is 2. The summed E-state index contributed by atoms with van der Waals surface area (Å²) in [5.41, 5.74) is 0.688. The van der Waals surface area contributed by atoms with Gasteiger partial charge in [-0.3, -0.25) is 4.57 Å². The molecule has 2 nitrogen and oxygen atoms in total. The maximum Gasteiger partial charge on any atom is 0.147 e. The number of hydrogen-bond acceptors (Lipinski definition) is 1. The maximum absolute atomic E-state index is 14.0. The van der Waals surface area contributed by atoms with Crippen LogP contribution in [0.2, 0.25) is 0 Å². The zero-order valence-corrected chi connectivity index (χ0v) is 12.7. The third-order valence-electron chi connectivity index (χ3n) is 3.03. The molecular formula is C14H7BrClF3N2. The van der Waals surface area contributed by atoms with Crippen molar-refractivity contribution in [3.05, 3.63) is 58.1 Å². The Morgan fingerprint density at radius 3 is 2.57 bits per heavy atom. The average molecular weight is 376 g/mol. The van der Waals surface area contributed by atoms with Gasteiger partial charge < -0.3 is 0 Å². The summed E-state index contributed by atoms with van der Waals surface area (Å²) < 4.78 is 42.7. The zero-order chi connectivity index (χ0) is 15.1. The molecule has 3 aromatic rings. The van der Waals surface area contributed by atoms with Gasteiger partial charge in [-0.1, -0.05) is 0 Å². The predicted octanol–water partition coefficient (Wildman–Crippen LogP) is 4.94. The Labute approximate surface area is 131 Å². The van der Waals surface area contributed by atoms with E-state index >= 15 is 0 Å². The summed E-state index contributed by atoms with van der Waals surface area (Å²) in [6.07, 6.45) is 0. The lowest BCUT2D eigenvalue weighted by atomic mass is 10.2. The molecule has 0 unspecified atom stereocenters. The van der Waals surface area contributed by atoms with Crippen molar-refractivity contribution in [3.8, 4) is 5.69 Å². The van der Waals surface area contributed by atoms with Gasteiger partial charge in [-0.2, -0.15) is 0 Å². The van der Waals surface area contributed by atoms with E-state index in [9.17, 15) is 13.2 Å². The van der Waals surface area contributed by atoms with E-state index in [-0.39, 0.29) is 16.0 Å². The fourth-order valence-corrected chi connectivity index (χ4v) is 2.65. The first-order valence-electron chi connectivity index (χ1n) is 5.89. The smallest absolute Gasteiger partial charge is 0.147 e. The third-order valence-corrected chi connectivity index (χ3v) is 3.88. The molecule has 0 aliphatic rings. The number of hydrogen-bond donors (Lipinski definition) is 0. The number of benzene rings is 2. The van der Waals surface area contributed by atoms with Gasteiger partial charge in [-0.15, -0.1) is 11.6 Å². The Morgan fingerprint density at radius 1 is 1.10 bits per heavy atom. The quantitative estimate of drug-likeness (QED) is 0.580. The average Bonchev–Trinajstić information content (AvgIpc) is 2.79. The van der Waals surface area contributed by atoms with E-state index < -0.39 is 17.5 Å². The molecule has 3 rings (SSSR count). The van der Waals surface area contributed by atoms with Gasteiger partial charge in [0.1, 0.15) is 23.3 Å². The molecule has 0 N–H and O–H groups in total. The lowest BCUT2D eigenvalue weighted by Crippen LogP contribution is -2.03. The van der Waals surface area contributed by atoms with Gasteiger partial charge in [0.25, 0.3) is 0 Å². The number of rotatable bonds is 2. The number of halogens is 5. The predicted molar refractivity (Wildman–Crippen MR) is 78.2 cm³/mol. The van der Waals surface area contributed by atoms with Crippen LogP contribution in [0.15, 0.2) is 34.8 Å². The van der Waals surface area contributed by atoms with Crippen LogP contribution in [0.25, 0.3) is 16.7 Å². The maximum atomic E-state index is 14.0. The highest BCUT2D eigenvalue weighted by Crippen LogP contribution is 2.28. The van der Waals surface area contributed by atoms with E-state index in [2.05, 4.69) is 20.9 Å². The summed E-state index contributed by atoms with van der Waals surface area (Å²) in [6.45, 7) is 0. The van der Waals surface area contributed by atoms with Gasteiger partial charge in [0.2, 0.25) is 0 Å². The standard InChI is InChI=1S/C14H7BrClF3N2/c15-8-4-11-13(5-10(8)19)21(14(6-16)20-11)12-3-7(17)1-2-9(12)18/h1-5H,6H2. The summed E-state index contributed by atoms with van der Waals surface area (Å²) in [4.78, 5) is 4.23. The molecule has 1 heterocycles. The van der Waals surface area contributed by atoms with E-state index in [1.54, 1.807) is 0 Å². The lowest BCUT2D eigenvalue weighted by molar-refractivity contribution is 0.592. The first-order chi connectivity index (χ1) is 10.0. The summed E-state index contributed by atoms with van der Waals surface area (Å²) in [5, 5.41) is 0. The number of fused-ring (bicyclic) bond motifs is 1. The lowest BCUT2D eigenvalue weighted by Gasteiger charge is -2.09. The highest BCUT2D eigenvalue weighted by molar-refractivity contribution is 9.10. The summed E-state index contributed by atoms with van der Waals surface area (Å²) in [6, 6.07) is 5.70. The molecule has 0 saturated heterocycles. The minimum atomic E-state index is -0.648. The van der Waals surface area contributed by atoms with E-state index in [0.717, 1.165) is 18.2 Å². The topological polar surface area (TPSA) is 17.8 Å². The van der Waals surface area contributed by atoms with Crippen LogP contribution in [0.4, 0.5) is 13.2 Å². The molecule has 0 radical (unpaired) electrons. The van der Waals surface area contributed by atoms with Crippen molar-refractivity contribution < 1.29 is 13.2 Å². The van der Waals surface area contributed by atoms with E-state index in [4.69, 9.17) is 11.6 Å². The highest BCUT2D eigenvalue weighted by Gasteiger charge is 2.17. The molecular weight excluding hydrogens is 369 g/mol. The third kappa shape index (κ3) is 2.42. The fourth-order valence-electron chi connectivity index (χ4n) is 2.14. The molecule has 108 valence electrons. The molecule has 0 aliphatic heterocycles. The molecule has 0 atom stereocenters. The number of aromatic nitrogens is 2. The van der Waals surface area contributed by atoms with Crippen LogP contribution in [0.5, 0.6) is 0 Å². The normalized spacial score (nSPS) is 11.3. The van der Waals surface area contributed by atoms with Crippen LogP contribution in [0.1, 0.15) is 5.82 Å². The van der Waals surface area contributed by atoms with Crippen molar-refractivity contribution >= 4 is 38.6 Å². The van der Waals surface area contributed by atoms with Crippen LogP contribution >= 0.6 is 27.5 Å². The zero-order valence-electron chi connectivity index (χ0n) is 10.4. The molecule has 1 aromatic heterocycles. The molecule has 0 saturated carbocycles. The van der Waals surface area contributed by atoms with Crippen LogP contribution in [0.3, 0.4) is 0 Å². The molecule has 0 spiro atoms. The number of imidazole rings is 1. The molecule has 0 bridgehead atoms. The Bertz CT molecular complexity index is 848. The number of alkyl halides is 1. The van der Waals surface area contributed by atoms with Gasteiger partial charge in [0.15, 0.2) is 0 Å². The van der Waals surface area contributed by atoms with Crippen LogP contribution < -0.4 is 0 Å². The van der Waals surface area contributed by atoms with Gasteiger partial charge >= 0.3 is 0 Å². The molecule has 2 aromatic carbocycles. The second kappa shape index (κ2) is 5.35. The summed E-state index contributed by atoms with van der Waals surface area (Å²) >= 11 is 8.88. The minimum absolute atomic E-state index is 0.0239. The van der Waals surface area contributed by atoms with Crippen molar-refractivity contribution in [1.82, 2.24) is 9.55 Å². The van der Waals surface area contributed by atoms with Crippen molar-refractivity contribution in [2.45, 2.75) is 5.88 Å². The van der Waals surface area contributed by atoms with Crippen molar-refractivity contribution in [3.63, 3.8) is 0 Å². The Kier molecular flexibility index (Phi) is 3.67. The van der Waals surface area contributed by atoms with E-state index in [1.807, 2.05) is 0 Å². The first kappa shape index (κ1) is 14.4. The summed E-state index contributed by atoms with van der Waals surface area (Å²) in [5.74, 6) is -1.50. The highest BCUT2D eigenvalue weighted by atomic mass is 79.9. The molecule has 0 amide bonds. The SMILES string of the molecule is Fc1ccc(F)c(-n2c(CCl)nc3cc(Br)c(F)cc32)c1. The van der Waals surface area contributed by atoms with E-state index in [1.165, 1.54) is 16.7 Å². The minimum Gasteiger partial charge on any atom is -0.292 e. The van der Waals surface area contributed by atoms with Gasteiger partial charge in [0.05, 0.1) is 27.1 Å². The van der Waals surface area contributed by atoms with Crippen LogP contribution in [-0.4, -0.2) is 9.55 Å². The van der Waals surface area contributed by atoms with Crippen molar-refractivity contribution in [2.24, 2.45) is 0 Å². The summed E-state index contributed by atoms with van der Waals surface area (Å²) in [7, 11) is 0. The molecule has 0 aliphatic carbocycles. The fraction of sp³-hybridized carbons (Fsp3) is 0.0714. The Hall–Kier alpha value is -1.53. The largest absolute Gasteiger partial charge is 0.292 e. The Morgan fingerprint density at radius 2 is 1.86 bits per heavy atom. The van der Waals surface area contributed by atoms with Crippen molar-refractivity contribution in [2.75, 3.05) is 0 Å².